The van der Waals surface area contributed by atoms with Gasteiger partial charge in [-0.25, -0.2) is 4.39 Å². The van der Waals surface area contributed by atoms with E-state index in [0.29, 0.717) is 16.6 Å². The fourth-order valence-electron chi connectivity index (χ4n) is 2.53. The molecule has 1 heterocycles. The van der Waals surface area contributed by atoms with E-state index in [1.165, 1.54) is 12.8 Å². The van der Waals surface area contributed by atoms with E-state index in [9.17, 15) is 4.39 Å². The van der Waals surface area contributed by atoms with Crippen molar-refractivity contribution in [1.29, 1.82) is 0 Å². The first-order chi connectivity index (χ1) is 9.06. The average molecular weight is 329 g/mol. The highest BCUT2D eigenvalue weighted by molar-refractivity contribution is 9.10. The van der Waals surface area contributed by atoms with E-state index >= 15 is 0 Å². The quantitative estimate of drug-likeness (QED) is 0.909. The molecule has 0 bridgehead atoms. The Hall–Kier alpha value is -0.450. The summed E-state index contributed by atoms with van der Waals surface area (Å²) in [6.07, 6.45) is 2.36. The highest BCUT2D eigenvalue weighted by Gasteiger charge is 2.20. The molecule has 19 heavy (non-hydrogen) atoms. The Morgan fingerprint density at radius 1 is 1.37 bits per heavy atom. The maximum absolute atomic E-state index is 13.4. The molecule has 1 N–H and O–H groups in total. The van der Waals surface area contributed by atoms with Gasteiger partial charge in [0, 0.05) is 18.6 Å². The zero-order valence-electron chi connectivity index (χ0n) is 11.6. The Morgan fingerprint density at radius 2 is 2.05 bits per heavy atom. The maximum Gasteiger partial charge on any atom is 0.137 e. The third kappa shape index (κ3) is 4.26. The second-order valence-corrected chi connectivity index (χ2v) is 6.39. The summed E-state index contributed by atoms with van der Waals surface area (Å²) in [6.45, 7) is 7.56. The number of nitrogens with zero attached hydrogens (tertiary/aromatic N) is 1. The molecule has 2 nitrogen and oxygen atoms in total. The molecule has 106 valence electrons. The number of likely N-dealkylation sites (tertiary alicyclic amines) is 1. The van der Waals surface area contributed by atoms with Crippen LogP contribution in [0.5, 0.6) is 0 Å². The lowest BCUT2D eigenvalue weighted by Crippen LogP contribution is -2.44. The highest BCUT2D eigenvalue weighted by atomic mass is 79.9. The van der Waals surface area contributed by atoms with Gasteiger partial charge in [0.25, 0.3) is 0 Å². The van der Waals surface area contributed by atoms with Crippen LogP contribution < -0.4 is 5.32 Å². The molecule has 1 aliphatic rings. The summed E-state index contributed by atoms with van der Waals surface area (Å²) in [4.78, 5) is 2.51. The van der Waals surface area contributed by atoms with Crippen LogP contribution in [0.4, 0.5) is 4.39 Å². The van der Waals surface area contributed by atoms with Gasteiger partial charge in [-0.05, 0) is 73.4 Å². The van der Waals surface area contributed by atoms with Gasteiger partial charge in [0.2, 0.25) is 0 Å². The molecule has 1 aliphatic heterocycles. The Labute approximate surface area is 123 Å². The number of halogens is 2. The largest absolute Gasteiger partial charge is 0.310 e. The van der Waals surface area contributed by atoms with Crippen LogP contribution in [0.1, 0.15) is 32.3 Å². The minimum atomic E-state index is -0.186. The number of piperidine rings is 1. The van der Waals surface area contributed by atoms with Crippen LogP contribution in [0.15, 0.2) is 22.7 Å². The summed E-state index contributed by atoms with van der Waals surface area (Å²) in [6, 6.07) is 6.53. The molecule has 0 saturated carbocycles. The molecule has 1 saturated heterocycles. The van der Waals surface area contributed by atoms with Crippen molar-refractivity contribution in [2.45, 2.75) is 45.3 Å². The van der Waals surface area contributed by atoms with Gasteiger partial charge in [0.1, 0.15) is 5.82 Å². The Bertz CT molecular complexity index is 415. The zero-order chi connectivity index (χ0) is 13.8. The van der Waals surface area contributed by atoms with Gasteiger partial charge in [-0.15, -0.1) is 0 Å². The van der Waals surface area contributed by atoms with Crippen molar-refractivity contribution < 1.29 is 4.39 Å². The van der Waals surface area contributed by atoms with Crippen molar-refractivity contribution in [2.24, 2.45) is 0 Å². The van der Waals surface area contributed by atoms with E-state index in [0.717, 1.165) is 25.2 Å². The molecule has 0 atom stereocenters. The summed E-state index contributed by atoms with van der Waals surface area (Å²) in [7, 11) is 0. The predicted octanol–water partition coefficient (Wildman–Crippen LogP) is 3.55. The lowest BCUT2D eigenvalue weighted by Gasteiger charge is -2.35. The van der Waals surface area contributed by atoms with Gasteiger partial charge in [-0.3, -0.25) is 0 Å². The Morgan fingerprint density at radius 3 is 2.63 bits per heavy atom. The molecule has 1 aromatic carbocycles. The van der Waals surface area contributed by atoms with Crippen molar-refractivity contribution in [3.8, 4) is 0 Å². The summed E-state index contributed by atoms with van der Waals surface area (Å²) in [5, 5.41) is 3.54. The van der Waals surface area contributed by atoms with Crippen LogP contribution in [0, 0.1) is 5.82 Å². The van der Waals surface area contributed by atoms with E-state index in [1.54, 1.807) is 12.1 Å². The molecule has 2 rings (SSSR count). The molecule has 0 amide bonds. The first kappa shape index (κ1) is 14.9. The van der Waals surface area contributed by atoms with Crippen LogP contribution in [-0.2, 0) is 6.54 Å². The first-order valence-electron chi connectivity index (χ1n) is 6.97. The minimum absolute atomic E-state index is 0.186. The normalized spacial score (nSPS) is 18.2. The number of rotatable bonds is 4. The first-order valence-corrected chi connectivity index (χ1v) is 7.77. The summed E-state index contributed by atoms with van der Waals surface area (Å²) < 4.78 is 13.9. The monoisotopic (exact) mass is 328 g/mol. The fourth-order valence-corrected chi connectivity index (χ4v) is 2.78. The van der Waals surface area contributed by atoms with Crippen molar-refractivity contribution in [2.75, 3.05) is 13.1 Å². The Kier molecular flexibility index (Phi) is 5.37. The van der Waals surface area contributed by atoms with Gasteiger partial charge in [0.15, 0.2) is 0 Å². The molecule has 1 fully saturated rings. The van der Waals surface area contributed by atoms with Crippen LogP contribution in [-0.4, -0.2) is 30.1 Å². The molecule has 0 radical (unpaired) electrons. The molecule has 0 spiro atoms. The number of nitrogens with one attached hydrogen (secondary N) is 1. The third-order valence-electron chi connectivity index (χ3n) is 3.84. The molecule has 0 aliphatic carbocycles. The molecule has 1 aromatic rings. The van der Waals surface area contributed by atoms with E-state index < -0.39 is 0 Å². The van der Waals surface area contributed by atoms with Crippen molar-refractivity contribution in [3.05, 3.63) is 34.1 Å². The molecule has 0 unspecified atom stereocenters. The lowest BCUT2D eigenvalue weighted by atomic mass is 10.0. The van der Waals surface area contributed by atoms with E-state index in [-0.39, 0.29) is 5.82 Å². The number of hydrogen-bond acceptors (Lipinski definition) is 2. The SMILES string of the molecule is CC(C)N1CCC(NCc2ccc(Br)c(F)c2)CC1. The third-order valence-corrected chi connectivity index (χ3v) is 4.48. The number of hydrogen-bond donors (Lipinski definition) is 1. The topological polar surface area (TPSA) is 15.3 Å². The number of benzene rings is 1. The lowest BCUT2D eigenvalue weighted by molar-refractivity contribution is 0.161. The van der Waals surface area contributed by atoms with Gasteiger partial charge in [-0.1, -0.05) is 6.07 Å². The second kappa shape index (κ2) is 6.82. The van der Waals surface area contributed by atoms with Gasteiger partial charge >= 0.3 is 0 Å². The highest BCUT2D eigenvalue weighted by Crippen LogP contribution is 2.17. The molecule has 0 aromatic heterocycles. The van der Waals surface area contributed by atoms with Crippen LogP contribution in [0.25, 0.3) is 0 Å². The summed E-state index contributed by atoms with van der Waals surface area (Å²) >= 11 is 3.18. The van der Waals surface area contributed by atoms with Gasteiger partial charge < -0.3 is 10.2 Å². The minimum Gasteiger partial charge on any atom is -0.310 e. The fraction of sp³-hybridized carbons (Fsp3) is 0.600. The average Bonchev–Trinajstić information content (AvgIpc) is 2.40. The van der Waals surface area contributed by atoms with E-state index in [2.05, 4.69) is 40.0 Å². The van der Waals surface area contributed by atoms with Crippen LogP contribution in [0.3, 0.4) is 0 Å². The molecular formula is C15H22BrFN2. The van der Waals surface area contributed by atoms with Gasteiger partial charge in [-0.2, -0.15) is 0 Å². The molecule has 4 heteroatoms. The smallest absolute Gasteiger partial charge is 0.137 e. The summed E-state index contributed by atoms with van der Waals surface area (Å²) in [5.74, 6) is -0.186. The van der Waals surface area contributed by atoms with Gasteiger partial charge in [0.05, 0.1) is 4.47 Å². The van der Waals surface area contributed by atoms with E-state index in [4.69, 9.17) is 0 Å². The molecular weight excluding hydrogens is 307 g/mol. The summed E-state index contributed by atoms with van der Waals surface area (Å²) in [5.41, 5.74) is 1.01. The van der Waals surface area contributed by atoms with Crippen LogP contribution in [0.2, 0.25) is 0 Å². The Balaban J connectivity index is 1.79. The zero-order valence-corrected chi connectivity index (χ0v) is 13.2. The van der Waals surface area contributed by atoms with Crippen molar-refractivity contribution in [1.82, 2.24) is 10.2 Å². The van der Waals surface area contributed by atoms with Crippen molar-refractivity contribution >= 4 is 15.9 Å². The standard InChI is InChI=1S/C15H22BrFN2/c1-11(2)19-7-5-13(6-8-19)18-10-12-3-4-14(16)15(17)9-12/h3-4,9,11,13,18H,5-8,10H2,1-2H3. The van der Waals surface area contributed by atoms with E-state index in [1.807, 2.05) is 6.07 Å². The second-order valence-electron chi connectivity index (χ2n) is 5.53. The van der Waals surface area contributed by atoms with Crippen LogP contribution >= 0.6 is 15.9 Å². The predicted molar refractivity (Wildman–Crippen MR) is 80.7 cm³/mol. The van der Waals surface area contributed by atoms with Crippen molar-refractivity contribution in [3.63, 3.8) is 0 Å². The maximum atomic E-state index is 13.4.